The van der Waals surface area contributed by atoms with Crippen LogP contribution >= 0.6 is 0 Å². The molecule has 2 aromatic carbocycles. The van der Waals surface area contributed by atoms with Crippen LogP contribution in [0.3, 0.4) is 0 Å². The third-order valence-electron chi connectivity index (χ3n) is 7.13. The van der Waals surface area contributed by atoms with E-state index in [0.29, 0.717) is 31.7 Å². The van der Waals surface area contributed by atoms with E-state index in [0.717, 1.165) is 22.6 Å². The predicted octanol–water partition coefficient (Wildman–Crippen LogP) is 3.96. The molecule has 0 bridgehead atoms. The van der Waals surface area contributed by atoms with Gasteiger partial charge in [0.1, 0.15) is 12.1 Å². The number of carbonyl (C=O) groups excluding carboxylic acids is 3. The molecule has 1 saturated heterocycles. The maximum atomic E-state index is 13.6. The molecular formula is C31H36F3N4O7S+. The fourth-order valence-corrected chi connectivity index (χ4v) is 5.67. The molecule has 2 aromatic rings. The summed E-state index contributed by atoms with van der Waals surface area (Å²) >= 11 is 0.0625. The number of nitrogens with one attached hydrogen (secondary N) is 1. The van der Waals surface area contributed by atoms with Gasteiger partial charge in [-0.2, -0.15) is 18.4 Å². The zero-order valence-corrected chi connectivity index (χ0v) is 26.5. The predicted molar refractivity (Wildman–Crippen MR) is 163 cm³/mol. The van der Waals surface area contributed by atoms with E-state index in [1.54, 1.807) is 37.8 Å². The van der Waals surface area contributed by atoms with E-state index in [9.17, 15) is 31.8 Å². The molecule has 248 valence electrons. The normalized spacial score (nSPS) is 15.8. The number of benzene rings is 2. The Labute approximate surface area is 269 Å². The van der Waals surface area contributed by atoms with Gasteiger partial charge in [-0.1, -0.05) is 12.1 Å². The first kappa shape index (κ1) is 36.3. The molecule has 46 heavy (non-hydrogen) atoms. The number of ether oxygens (including phenoxy) is 3. The van der Waals surface area contributed by atoms with Crippen LogP contribution in [0, 0.1) is 11.3 Å². The van der Waals surface area contributed by atoms with Crippen LogP contribution in [-0.2, 0) is 57.1 Å². The van der Waals surface area contributed by atoms with E-state index in [1.165, 1.54) is 12.1 Å². The third-order valence-corrected chi connectivity index (χ3v) is 7.72. The summed E-state index contributed by atoms with van der Waals surface area (Å²) in [7, 11) is 0. The number of nitrogens with zero attached hydrogens (tertiary/aromatic N) is 3. The van der Waals surface area contributed by atoms with Gasteiger partial charge in [-0.3, -0.25) is 14.5 Å². The molecule has 1 aliphatic rings. The van der Waals surface area contributed by atoms with Crippen molar-refractivity contribution < 1.29 is 46.0 Å². The molecule has 0 saturated carbocycles. The van der Waals surface area contributed by atoms with Crippen molar-refractivity contribution in [1.82, 2.24) is 5.32 Å². The number of carbonyl (C=O) groups is 3. The summed E-state index contributed by atoms with van der Waals surface area (Å²) in [5, 5.41) is 11.9. The Hall–Kier alpha value is -4.13. The molecular weight excluding hydrogens is 629 g/mol. The average Bonchev–Trinajstić information content (AvgIpc) is 3.22. The highest BCUT2D eigenvalue weighted by Crippen LogP contribution is 2.41. The zero-order chi connectivity index (χ0) is 33.9. The van der Waals surface area contributed by atoms with Crippen molar-refractivity contribution in [1.29, 1.82) is 5.26 Å². The molecule has 1 unspecified atom stereocenters. The zero-order valence-electron chi connectivity index (χ0n) is 25.7. The summed E-state index contributed by atoms with van der Waals surface area (Å²) in [6, 6.07) is 11.5. The molecule has 2 amide bonds. The van der Waals surface area contributed by atoms with E-state index in [2.05, 4.69) is 5.32 Å². The van der Waals surface area contributed by atoms with Gasteiger partial charge in [-0.05, 0) is 69.5 Å². The molecule has 0 aromatic heterocycles. The highest BCUT2D eigenvalue weighted by molar-refractivity contribution is 7.66. The van der Waals surface area contributed by atoms with Crippen molar-refractivity contribution in [2.75, 3.05) is 49.4 Å². The highest BCUT2D eigenvalue weighted by Gasteiger charge is 2.59. The summed E-state index contributed by atoms with van der Waals surface area (Å²) in [4.78, 5) is 39.4. The minimum atomic E-state index is -4.83. The van der Waals surface area contributed by atoms with Gasteiger partial charge in [0.2, 0.25) is 5.91 Å². The first-order valence-corrected chi connectivity index (χ1v) is 15.3. The first-order valence-electron chi connectivity index (χ1n) is 14.5. The SMILES string of the molecule is CCOC(=O)COCCOCCNC(=O)CCCc1ccc(N2C([S+]=O)N(c3ccc(C#N)c(C(F)(F)F)c3)C(=O)C2(C)C)cc1. The molecule has 1 heterocycles. The van der Waals surface area contributed by atoms with Crippen molar-refractivity contribution in [3.8, 4) is 6.07 Å². The molecule has 1 N–H and O–H groups in total. The summed E-state index contributed by atoms with van der Waals surface area (Å²) in [6.45, 7) is 6.15. The van der Waals surface area contributed by atoms with Gasteiger partial charge in [0.05, 0.1) is 49.3 Å². The molecule has 1 atom stereocenters. The van der Waals surface area contributed by atoms with Crippen LogP contribution in [0.5, 0.6) is 0 Å². The number of anilines is 2. The third kappa shape index (κ3) is 9.21. The lowest BCUT2D eigenvalue weighted by molar-refractivity contribution is -0.149. The Balaban J connectivity index is 1.53. The van der Waals surface area contributed by atoms with Crippen molar-refractivity contribution in [2.45, 2.75) is 57.2 Å². The van der Waals surface area contributed by atoms with Crippen LogP contribution < -0.4 is 15.1 Å². The Bertz CT molecular complexity index is 1430. The fourth-order valence-electron chi connectivity index (χ4n) is 4.89. The largest absolute Gasteiger partial charge is 0.511 e. The van der Waals surface area contributed by atoms with Crippen molar-refractivity contribution >= 4 is 40.8 Å². The highest BCUT2D eigenvalue weighted by atomic mass is 32.1. The van der Waals surface area contributed by atoms with Crippen LogP contribution in [0.4, 0.5) is 24.5 Å². The van der Waals surface area contributed by atoms with Crippen LogP contribution in [0.15, 0.2) is 42.5 Å². The molecule has 0 aliphatic carbocycles. The fraction of sp³-hybridized carbons (Fsp3) is 0.484. The molecule has 15 heteroatoms. The molecule has 1 aliphatic heterocycles. The molecule has 3 rings (SSSR count). The summed E-state index contributed by atoms with van der Waals surface area (Å²) in [5.41, 5.74) is -2.93. The number of amides is 2. The number of esters is 1. The van der Waals surface area contributed by atoms with Gasteiger partial charge in [0.25, 0.3) is 5.91 Å². The van der Waals surface area contributed by atoms with Crippen LogP contribution in [0.2, 0.25) is 0 Å². The Morgan fingerprint density at radius 1 is 1.07 bits per heavy atom. The minimum absolute atomic E-state index is 0.0625. The van der Waals surface area contributed by atoms with Crippen LogP contribution in [-0.4, -0.2) is 68.4 Å². The van der Waals surface area contributed by atoms with Gasteiger partial charge < -0.3 is 19.5 Å². The van der Waals surface area contributed by atoms with E-state index in [1.807, 2.05) is 12.1 Å². The van der Waals surface area contributed by atoms with Crippen molar-refractivity contribution in [3.63, 3.8) is 0 Å². The second-order valence-electron chi connectivity index (χ2n) is 10.7. The van der Waals surface area contributed by atoms with Gasteiger partial charge in [0, 0.05) is 22.9 Å². The molecule has 0 radical (unpaired) electrons. The number of aryl methyl sites for hydroxylation is 1. The number of halogens is 3. The first-order chi connectivity index (χ1) is 21.8. The van der Waals surface area contributed by atoms with E-state index in [-0.39, 0.29) is 56.1 Å². The number of hydrogen-bond acceptors (Lipinski definition) is 9. The van der Waals surface area contributed by atoms with Gasteiger partial charge >= 0.3 is 29.3 Å². The maximum Gasteiger partial charge on any atom is 0.511 e. The van der Waals surface area contributed by atoms with Gasteiger partial charge in [0.15, 0.2) is 0 Å². The minimum Gasteiger partial charge on any atom is -0.464 e. The number of nitriles is 1. The second kappa shape index (κ2) is 16.4. The lowest BCUT2D eigenvalue weighted by Crippen LogP contribution is -2.46. The maximum absolute atomic E-state index is 13.6. The number of rotatable bonds is 16. The molecule has 11 nitrogen and oxygen atoms in total. The van der Waals surface area contributed by atoms with Crippen molar-refractivity contribution in [3.05, 3.63) is 59.2 Å². The lowest BCUT2D eigenvalue weighted by Gasteiger charge is -2.28. The quantitative estimate of drug-likeness (QED) is 0.160. The smallest absolute Gasteiger partial charge is 0.464 e. The summed E-state index contributed by atoms with van der Waals surface area (Å²) < 4.78 is 68.4. The Kier molecular flexibility index (Phi) is 13.0. The number of alkyl halides is 3. The monoisotopic (exact) mass is 665 g/mol. The molecule has 0 spiro atoms. The van der Waals surface area contributed by atoms with Crippen LogP contribution in [0.1, 0.15) is 50.3 Å². The lowest BCUT2D eigenvalue weighted by atomic mass is 10.0. The second-order valence-corrected chi connectivity index (χ2v) is 11.3. The average molecular weight is 666 g/mol. The van der Waals surface area contributed by atoms with E-state index in [4.69, 9.17) is 19.5 Å². The molecule has 1 fully saturated rings. The van der Waals surface area contributed by atoms with Gasteiger partial charge in [-0.15, -0.1) is 0 Å². The van der Waals surface area contributed by atoms with E-state index < -0.39 is 40.2 Å². The van der Waals surface area contributed by atoms with E-state index >= 15 is 0 Å². The standard InChI is InChI=1S/C31H35F3N4O7S/c1-4-45-27(40)20-44-17-16-43-15-14-36-26(39)7-5-6-21-8-11-23(12-9-21)38-29(46-42)37(28(41)30(38,2)3)24-13-10-22(19-35)25(18-24)31(32,33)34/h8-13,18,29H,4-7,14-17,20H2,1-3H3/p+1. The van der Waals surface area contributed by atoms with Gasteiger partial charge in [-0.25, -0.2) is 9.69 Å². The number of hydrogen-bond donors (Lipinski definition) is 1. The van der Waals surface area contributed by atoms with Crippen LogP contribution in [0.25, 0.3) is 0 Å². The van der Waals surface area contributed by atoms with Crippen molar-refractivity contribution in [2.24, 2.45) is 0 Å². The topological polar surface area (TPSA) is 138 Å². The summed E-state index contributed by atoms with van der Waals surface area (Å²) in [6.07, 6.45) is -3.39. The Morgan fingerprint density at radius 2 is 1.74 bits per heavy atom. The summed E-state index contributed by atoms with van der Waals surface area (Å²) in [5.74, 6) is -1.14. The Morgan fingerprint density at radius 3 is 2.37 bits per heavy atom.